The molecule has 0 unspecified atom stereocenters. The molecule has 4 aromatic rings. The Morgan fingerprint density at radius 3 is 1.73 bits per heavy atom. The van der Waals surface area contributed by atoms with Crippen LogP contribution in [0.5, 0.6) is 0 Å². The number of carbonyl (C=O) groups is 4. The minimum Gasteiger partial charge on any atom is -0.384 e. The first-order valence-electron chi connectivity index (χ1n) is 19.8. The van der Waals surface area contributed by atoms with Crippen LogP contribution in [-0.4, -0.2) is 97.7 Å². The molecule has 10 rings (SSSR count). The average molecular weight is 821 g/mol. The summed E-state index contributed by atoms with van der Waals surface area (Å²) in [5, 5.41) is 19.4. The number of nitrogens with zero attached hydrogens (tertiary/aromatic N) is 2. The summed E-state index contributed by atoms with van der Waals surface area (Å²) in [6.45, 7) is 6.27. The van der Waals surface area contributed by atoms with E-state index in [1.165, 1.54) is 0 Å². The summed E-state index contributed by atoms with van der Waals surface area (Å²) in [6.07, 6.45) is 0.129. The largest absolute Gasteiger partial charge is 0.384 e. The van der Waals surface area contributed by atoms with Crippen molar-refractivity contribution < 1.29 is 27.6 Å². The number of sulfone groups is 1. The number of piperazine rings is 1. The number of fused-ring (bicyclic) bond motifs is 1. The fourth-order valence-electron chi connectivity index (χ4n) is 7.34. The number of benzene rings is 4. The number of hydrogen-bond donors (Lipinski definition) is 6. The van der Waals surface area contributed by atoms with Crippen LogP contribution in [0.4, 0.5) is 11.4 Å². The van der Waals surface area contributed by atoms with Crippen molar-refractivity contribution in [3.05, 3.63) is 131 Å². The molecule has 6 aliphatic heterocycles. The van der Waals surface area contributed by atoms with Gasteiger partial charge >= 0.3 is 0 Å². The van der Waals surface area contributed by atoms with E-state index in [0.717, 1.165) is 5.56 Å². The van der Waals surface area contributed by atoms with Gasteiger partial charge in [-0.1, -0.05) is 78.9 Å². The predicted molar refractivity (Wildman–Crippen MR) is 228 cm³/mol. The molecular weight excluding hydrogens is 769 g/mol. The summed E-state index contributed by atoms with van der Waals surface area (Å²) in [6, 6.07) is 27.7. The number of nitrogens with two attached hydrogens (primary N) is 1. The maximum absolute atomic E-state index is 14.3. The number of nitrogen functional groups attached to an aromatic ring is 1. The van der Waals surface area contributed by atoms with Gasteiger partial charge in [-0.25, -0.2) is 8.42 Å². The van der Waals surface area contributed by atoms with Crippen LogP contribution in [0.1, 0.15) is 41.7 Å². The van der Waals surface area contributed by atoms with Crippen molar-refractivity contribution in [3.63, 3.8) is 0 Å². The Labute approximate surface area is 345 Å². The first-order chi connectivity index (χ1) is 28.2. The van der Waals surface area contributed by atoms with Crippen molar-refractivity contribution in [2.75, 3.05) is 42.6 Å². The van der Waals surface area contributed by atoms with Gasteiger partial charge in [-0.3, -0.25) is 34.4 Å². The Kier molecular flexibility index (Phi) is 13.9. The third-order valence-corrected chi connectivity index (χ3v) is 12.7. The Hall–Kier alpha value is -5.90. The van der Waals surface area contributed by atoms with E-state index in [1.807, 2.05) is 13.8 Å². The summed E-state index contributed by atoms with van der Waals surface area (Å²) in [4.78, 5) is 59.1. The number of nitrogens with one attached hydrogen (secondary N) is 5. The van der Waals surface area contributed by atoms with Crippen molar-refractivity contribution in [2.45, 2.75) is 57.1 Å². The Balaban J connectivity index is 1.30. The van der Waals surface area contributed by atoms with Crippen LogP contribution in [-0.2, 0) is 54.2 Å². The van der Waals surface area contributed by atoms with Gasteiger partial charge in [0.2, 0.25) is 23.6 Å². The number of carbonyl (C=O) groups excluding carboxylic acids is 4. The lowest BCUT2D eigenvalue weighted by Crippen LogP contribution is -2.56. The zero-order chi connectivity index (χ0) is 42.1. The second-order valence-corrected chi connectivity index (χ2v) is 17.4. The van der Waals surface area contributed by atoms with Crippen LogP contribution < -0.4 is 27.0 Å². The molecule has 310 valence electrons. The highest BCUT2D eigenvalue weighted by atomic mass is 32.2. The van der Waals surface area contributed by atoms with Gasteiger partial charge < -0.3 is 27.0 Å². The normalized spacial score (nSPS) is 23.1. The highest BCUT2D eigenvalue weighted by Crippen LogP contribution is 2.20. The molecule has 0 saturated carbocycles. The Morgan fingerprint density at radius 1 is 0.712 bits per heavy atom. The van der Waals surface area contributed by atoms with Gasteiger partial charge in [-0.2, -0.15) is 0 Å². The first-order valence-corrected chi connectivity index (χ1v) is 21.6. The van der Waals surface area contributed by atoms with Gasteiger partial charge in [0.1, 0.15) is 11.9 Å². The molecule has 14 nitrogen and oxygen atoms in total. The Bertz CT molecular complexity index is 2230. The summed E-state index contributed by atoms with van der Waals surface area (Å²) in [7, 11) is -3.81. The third kappa shape index (κ3) is 11.8. The molecule has 6 aliphatic rings. The van der Waals surface area contributed by atoms with Crippen LogP contribution in [0.25, 0.3) is 0 Å². The second kappa shape index (κ2) is 19.2. The third-order valence-electron chi connectivity index (χ3n) is 11.0. The van der Waals surface area contributed by atoms with E-state index in [-0.39, 0.29) is 42.8 Å². The number of hydrogen-bond acceptors (Lipinski definition) is 9. The van der Waals surface area contributed by atoms with Crippen LogP contribution in [0.2, 0.25) is 0 Å². The molecule has 0 radical (unpaired) electrons. The van der Waals surface area contributed by atoms with Gasteiger partial charge in [0, 0.05) is 56.1 Å². The number of amidine groups is 1. The quantitative estimate of drug-likeness (QED) is 0.114. The zero-order valence-electron chi connectivity index (χ0n) is 33.3. The van der Waals surface area contributed by atoms with E-state index in [2.05, 4.69) is 31.1 Å². The van der Waals surface area contributed by atoms with Crippen molar-refractivity contribution in [1.29, 1.82) is 5.41 Å². The Morgan fingerprint density at radius 2 is 1.22 bits per heavy atom. The van der Waals surface area contributed by atoms with E-state index in [0.29, 0.717) is 59.8 Å². The molecule has 0 spiro atoms. The fraction of sp³-hybridized carbons (Fsp3) is 0.341. The first kappa shape index (κ1) is 42.7. The van der Waals surface area contributed by atoms with Crippen molar-refractivity contribution in [3.8, 4) is 0 Å². The van der Waals surface area contributed by atoms with Crippen LogP contribution in [0.15, 0.2) is 103 Å². The molecule has 4 amide bonds. The molecule has 4 atom stereocenters. The van der Waals surface area contributed by atoms with Gasteiger partial charge in [-0.15, -0.1) is 0 Å². The fourth-order valence-corrected chi connectivity index (χ4v) is 9.04. The molecule has 0 aromatic heterocycles. The molecular formula is C44H52N8O6S. The van der Waals surface area contributed by atoms with E-state index < -0.39 is 51.4 Å². The van der Waals surface area contributed by atoms with Gasteiger partial charge in [-0.05, 0) is 66.8 Å². The molecule has 1 saturated heterocycles. The predicted octanol–water partition coefficient (Wildman–Crippen LogP) is 3.07. The van der Waals surface area contributed by atoms with E-state index >= 15 is 0 Å². The maximum Gasteiger partial charge on any atom is 0.243 e. The maximum atomic E-state index is 14.3. The van der Waals surface area contributed by atoms with E-state index in [4.69, 9.17) is 11.1 Å². The van der Waals surface area contributed by atoms with Crippen molar-refractivity contribution >= 4 is 50.7 Å². The molecule has 1 fully saturated rings. The highest BCUT2D eigenvalue weighted by Gasteiger charge is 2.32. The lowest BCUT2D eigenvalue weighted by Gasteiger charge is -2.39. The molecule has 0 aliphatic carbocycles. The van der Waals surface area contributed by atoms with Gasteiger partial charge in [0.25, 0.3) is 0 Å². The lowest BCUT2D eigenvalue weighted by molar-refractivity contribution is -0.130. The van der Waals surface area contributed by atoms with Crippen LogP contribution in [0, 0.1) is 11.3 Å². The SMILES string of the molecule is C[C@@H]1C(=O)Nc2ccc(cc2)C[C@@H](CS(=O)(=O)Cc2ccccc2)C(=O)N[C@H](C(=O)NCc2ccc(C(=N)N)cc2)Cc2ccc(cc2)NC(=O)[C@H](C)N2CCN1CC2. The smallest absolute Gasteiger partial charge is 0.243 e. The molecule has 6 bridgehead atoms. The van der Waals surface area contributed by atoms with Gasteiger partial charge in [0.05, 0.1) is 29.5 Å². The van der Waals surface area contributed by atoms with Crippen LogP contribution in [0.3, 0.4) is 0 Å². The summed E-state index contributed by atoms with van der Waals surface area (Å²) in [5.74, 6) is -3.33. The zero-order valence-corrected chi connectivity index (χ0v) is 34.1. The number of anilines is 2. The van der Waals surface area contributed by atoms with Crippen LogP contribution >= 0.6 is 0 Å². The molecule has 59 heavy (non-hydrogen) atoms. The number of rotatable bonds is 8. The summed E-state index contributed by atoms with van der Waals surface area (Å²) < 4.78 is 27.4. The van der Waals surface area contributed by atoms with E-state index in [9.17, 15) is 27.6 Å². The summed E-state index contributed by atoms with van der Waals surface area (Å²) >= 11 is 0. The molecule has 4 aromatic carbocycles. The minimum absolute atomic E-state index is 0.0540. The number of amides is 4. The highest BCUT2D eigenvalue weighted by molar-refractivity contribution is 7.90. The van der Waals surface area contributed by atoms with E-state index in [1.54, 1.807) is 103 Å². The summed E-state index contributed by atoms with van der Waals surface area (Å²) in [5.41, 5.74) is 9.98. The van der Waals surface area contributed by atoms with Crippen molar-refractivity contribution in [1.82, 2.24) is 20.4 Å². The van der Waals surface area contributed by atoms with Gasteiger partial charge in [0.15, 0.2) is 9.84 Å². The standard InChI is InChI=1S/C44H52N8O6S/c1-29-41(53)48-37-16-10-31(11-17-37)24-36(28-59(57,58)27-34-6-4-3-5-7-34)43(55)50-39(44(56)47-26-33-8-14-35(15-9-33)40(45)46)25-32-12-18-38(19-13-32)49-42(54)30(2)52-22-20-51(29)21-23-52/h3-19,29-30,36,39H,20-28H2,1-2H3,(H3,45,46)(H,47,56)(H,48,53)(H,49,54)(H,50,55)/t29-,30+,36+,39+/m1/s1. The topological polar surface area (TPSA) is 207 Å². The van der Waals surface area contributed by atoms with Crippen molar-refractivity contribution in [2.24, 2.45) is 11.7 Å². The minimum atomic E-state index is -3.81. The molecule has 7 N–H and O–H groups in total. The monoisotopic (exact) mass is 820 g/mol. The lowest BCUT2D eigenvalue weighted by atomic mass is 9.98. The average Bonchev–Trinajstić information content (AvgIpc) is 3.23. The molecule has 6 heterocycles. The molecule has 15 heteroatoms. The second-order valence-electron chi connectivity index (χ2n) is 15.3.